The molecule has 62 valence electrons. The lowest BCUT2D eigenvalue weighted by atomic mass is 10.4. The molecule has 0 spiro atoms. The first kappa shape index (κ1) is 9.75. The van der Waals surface area contributed by atoms with Gasteiger partial charge in [-0.2, -0.15) is 0 Å². The van der Waals surface area contributed by atoms with Gasteiger partial charge < -0.3 is 10.5 Å². The van der Waals surface area contributed by atoms with Crippen molar-refractivity contribution in [2.75, 3.05) is 12.8 Å². The van der Waals surface area contributed by atoms with E-state index in [1.54, 1.807) is 25.4 Å². The molecule has 0 aromatic carbocycles. The van der Waals surface area contributed by atoms with Crippen LogP contribution in [0, 0.1) is 0 Å². The third-order valence-electron chi connectivity index (χ3n) is 0.968. The highest BCUT2D eigenvalue weighted by molar-refractivity contribution is 5.39. The molecule has 0 aliphatic rings. The zero-order chi connectivity index (χ0) is 8.69. The SMILES string of the molecule is CC.COc1cc(N)ccn1. The number of rotatable bonds is 1. The minimum Gasteiger partial charge on any atom is -0.481 e. The second kappa shape index (κ2) is 5.53. The molecule has 0 aliphatic heterocycles. The largest absolute Gasteiger partial charge is 0.481 e. The Morgan fingerprint density at radius 3 is 2.45 bits per heavy atom. The summed E-state index contributed by atoms with van der Waals surface area (Å²) < 4.78 is 4.80. The third kappa shape index (κ3) is 3.45. The molecule has 0 radical (unpaired) electrons. The molecular weight excluding hydrogens is 140 g/mol. The van der Waals surface area contributed by atoms with Crippen LogP contribution in [0.4, 0.5) is 5.69 Å². The number of hydrogen-bond donors (Lipinski definition) is 1. The highest BCUT2D eigenvalue weighted by atomic mass is 16.5. The summed E-state index contributed by atoms with van der Waals surface area (Å²) in [7, 11) is 1.56. The van der Waals surface area contributed by atoms with Gasteiger partial charge in [-0.05, 0) is 6.07 Å². The van der Waals surface area contributed by atoms with Gasteiger partial charge in [0, 0.05) is 18.0 Å². The van der Waals surface area contributed by atoms with Crippen LogP contribution in [0.5, 0.6) is 5.88 Å². The normalized spacial score (nSPS) is 7.91. The van der Waals surface area contributed by atoms with Crippen LogP contribution < -0.4 is 10.5 Å². The molecule has 3 nitrogen and oxygen atoms in total. The number of ether oxygens (including phenoxy) is 1. The summed E-state index contributed by atoms with van der Waals surface area (Å²) in [6.45, 7) is 4.00. The monoisotopic (exact) mass is 154 g/mol. The van der Waals surface area contributed by atoms with Crippen LogP contribution in [0.15, 0.2) is 18.3 Å². The second-order valence-corrected chi connectivity index (χ2v) is 1.63. The van der Waals surface area contributed by atoms with E-state index in [1.165, 1.54) is 0 Å². The molecular formula is C8H14N2O. The summed E-state index contributed by atoms with van der Waals surface area (Å²) in [4.78, 5) is 3.86. The number of nitrogen functional groups attached to an aromatic ring is 1. The molecule has 0 atom stereocenters. The van der Waals surface area contributed by atoms with Gasteiger partial charge in [-0.25, -0.2) is 4.98 Å². The van der Waals surface area contributed by atoms with Crippen molar-refractivity contribution in [1.29, 1.82) is 0 Å². The lowest BCUT2D eigenvalue weighted by Gasteiger charge is -1.96. The van der Waals surface area contributed by atoms with Gasteiger partial charge in [-0.1, -0.05) is 13.8 Å². The molecule has 0 bridgehead atoms. The standard InChI is InChI=1S/C6H8N2O.C2H6/c1-9-6-4-5(7)2-3-8-6;1-2/h2-4H,1H3,(H2,7,8);1-2H3. The molecule has 2 N–H and O–H groups in total. The van der Waals surface area contributed by atoms with E-state index in [0.29, 0.717) is 11.6 Å². The summed E-state index contributed by atoms with van der Waals surface area (Å²) in [6.07, 6.45) is 1.61. The molecule has 0 unspecified atom stereocenters. The van der Waals surface area contributed by atoms with Crippen LogP contribution in [-0.2, 0) is 0 Å². The molecule has 0 amide bonds. The van der Waals surface area contributed by atoms with E-state index in [-0.39, 0.29) is 0 Å². The van der Waals surface area contributed by atoms with Crippen molar-refractivity contribution in [3.05, 3.63) is 18.3 Å². The van der Waals surface area contributed by atoms with E-state index in [4.69, 9.17) is 10.5 Å². The minimum atomic E-state index is 0.551. The Morgan fingerprint density at radius 1 is 1.45 bits per heavy atom. The van der Waals surface area contributed by atoms with Gasteiger partial charge in [0.2, 0.25) is 5.88 Å². The fourth-order valence-corrected chi connectivity index (χ4v) is 0.536. The Labute approximate surface area is 67.2 Å². The van der Waals surface area contributed by atoms with Crippen molar-refractivity contribution in [2.45, 2.75) is 13.8 Å². The van der Waals surface area contributed by atoms with Gasteiger partial charge in [0.25, 0.3) is 0 Å². The third-order valence-corrected chi connectivity index (χ3v) is 0.968. The fraction of sp³-hybridized carbons (Fsp3) is 0.375. The minimum absolute atomic E-state index is 0.551. The Hall–Kier alpha value is -1.25. The Kier molecular flexibility index (Phi) is 4.90. The van der Waals surface area contributed by atoms with Crippen LogP contribution in [0.25, 0.3) is 0 Å². The van der Waals surface area contributed by atoms with E-state index in [2.05, 4.69) is 4.98 Å². The van der Waals surface area contributed by atoms with Crippen molar-refractivity contribution in [2.24, 2.45) is 0 Å². The molecule has 1 heterocycles. The molecule has 1 rings (SSSR count). The number of anilines is 1. The van der Waals surface area contributed by atoms with Crippen LogP contribution in [-0.4, -0.2) is 12.1 Å². The average molecular weight is 154 g/mol. The number of nitrogens with two attached hydrogens (primary N) is 1. The Bertz CT molecular complexity index is 201. The van der Waals surface area contributed by atoms with E-state index < -0.39 is 0 Å². The fourth-order valence-electron chi connectivity index (χ4n) is 0.536. The maximum atomic E-state index is 5.41. The van der Waals surface area contributed by atoms with Crippen molar-refractivity contribution >= 4 is 5.69 Å². The van der Waals surface area contributed by atoms with Gasteiger partial charge in [-0.3, -0.25) is 0 Å². The maximum absolute atomic E-state index is 5.41. The molecule has 1 aromatic heterocycles. The Balaban J connectivity index is 0.000000461. The van der Waals surface area contributed by atoms with Gasteiger partial charge in [0.1, 0.15) is 0 Å². The van der Waals surface area contributed by atoms with E-state index in [0.717, 1.165) is 0 Å². The highest BCUT2D eigenvalue weighted by Gasteiger charge is 1.88. The van der Waals surface area contributed by atoms with Crippen LogP contribution in [0.3, 0.4) is 0 Å². The van der Waals surface area contributed by atoms with E-state index in [1.807, 2.05) is 13.8 Å². The number of nitrogens with zero attached hydrogens (tertiary/aromatic N) is 1. The predicted octanol–water partition coefficient (Wildman–Crippen LogP) is 1.70. The Morgan fingerprint density at radius 2 is 2.09 bits per heavy atom. The second-order valence-electron chi connectivity index (χ2n) is 1.63. The van der Waals surface area contributed by atoms with Crippen molar-refractivity contribution < 1.29 is 4.74 Å². The first-order valence-corrected chi connectivity index (χ1v) is 3.58. The van der Waals surface area contributed by atoms with Gasteiger partial charge in [-0.15, -0.1) is 0 Å². The molecule has 1 aromatic rings. The first-order chi connectivity index (χ1) is 5.33. The van der Waals surface area contributed by atoms with Gasteiger partial charge in [0.05, 0.1) is 7.11 Å². The average Bonchev–Trinajstić information content (AvgIpc) is 2.08. The van der Waals surface area contributed by atoms with Crippen LogP contribution in [0.2, 0.25) is 0 Å². The van der Waals surface area contributed by atoms with Gasteiger partial charge in [0.15, 0.2) is 0 Å². The van der Waals surface area contributed by atoms with E-state index >= 15 is 0 Å². The summed E-state index contributed by atoms with van der Waals surface area (Å²) in [5, 5.41) is 0. The van der Waals surface area contributed by atoms with Crippen molar-refractivity contribution in [1.82, 2.24) is 4.98 Å². The first-order valence-electron chi connectivity index (χ1n) is 3.58. The van der Waals surface area contributed by atoms with Crippen LogP contribution >= 0.6 is 0 Å². The molecule has 3 heteroatoms. The van der Waals surface area contributed by atoms with Crippen molar-refractivity contribution in [3.63, 3.8) is 0 Å². The predicted molar refractivity (Wildman–Crippen MR) is 46.5 cm³/mol. The lowest BCUT2D eigenvalue weighted by molar-refractivity contribution is 0.398. The smallest absolute Gasteiger partial charge is 0.214 e. The maximum Gasteiger partial charge on any atom is 0.214 e. The highest BCUT2D eigenvalue weighted by Crippen LogP contribution is 2.08. The number of methoxy groups -OCH3 is 1. The molecule has 0 aliphatic carbocycles. The molecule has 0 saturated carbocycles. The van der Waals surface area contributed by atoms with Gasteiger partial charge >= 0.3 is 0 Å². The number of aromatic nitrogens is 1. The molecule has 11 heavy (non-hydrogen) atoms. The molecule has 0 saturated heterocycles. The summed E-state index contributed by atoms with van der Waals surface area (Å²) in [5.41, 5.74) is 6.08. The zero-order valence-corrected chi connectivity index (χ0v) is 7.16. The lowest BCUT2D eigenvalue weighted by Crippen LogP contribution is -1.89. The topological polar surface area (TPSA) is 48.1 Å². The zero-order valence-electron chi connectivity index (χ0n) is 7.16. The summed E-state index contributed by atoms with van der Waals surface area (Å²) in [5.74, 6) is 0.551. The van der Waals surface area contributed by atoms with Crippen LogP contribution in [0.1, 0.15) is 13.8 Å². The summed E-state index contributed by atoms with van der Waals surface area (Å²) >= 11 is 0. The number of hydrogen-bond acceptors (Lipinski definition) is 3. The quantitative estimate of drug-likeness (QED) is 0.669. The molecule has 0 fully saturated rings. The van der Waals surface area contributed by atoms with Crippen molar-refractivity contribution in [3.8, 4) is 5.88 Å². The van der Waals surface area contributed by atoms with E-state index in [9.17, 15) is 0 Å². The summed E-state index contributed by atoms with van der Waals surface area (Å²) in [6, 6.07) is 3.38. The number of pyridine rings is 1.